The number of aromatic nitrogens is 2. The molecule has 0 bridgehead atoms. The van der Waals surface area contributed by atoms with Crippen LogP contribution in [0.5, 0.6) is 0 Å². The van der Waals surface area contributed by atoms with Gasteiger partial charge in [-0.2, -0.15) is 5.10 Å². The molecule has 0 spiro atoms. The SMILES string of the molecule is O=C(O)c1cccc(NC(=O)c2n[nH]c(=O)c3ccccc23)c1. The molecule has 3 aromatic rings. The molecule has 0 radical (unpaired) electrons. The first-order chi connectivity index (χ1) is 11.1. The fourth-order valence-corrected chi connectivity index (χ4v) is 2.21. The summed E-state index contributed by atoms with van der Waals surface area (Å²) in [6.45, 7) is 0. The minimum Gasteiger partial charge on any atom is -0.478 e. The van der Waals surface area contributed by atoms with Crippen molar-refractivity contribution in [1.82, 2.24) is 10.2 Å². The van der Waals surface area contributed by atoms with Crippen molar-refractivity contribution in [1.29, 1.82) is 0 Å². The number of aromatic amines is 1. The van der Waals surface area contributed by atoms with E-state index in [9.17, 15) is 14.4 Å². The first-order valence-corrected chi connectivity index (χ1v) is 6.68. The smallest absolute Gasteiger partial charge is 0.335 e. The lowest BCUT2D eigenvalue weighted by molar-refractivity contribution is 0.0696. The van der Waals surface area contributed by atoms with Crippen LogP contribution in [0.2, 0.25) is 0 Å². The van der Waals surface area contributed by atoms with Crippen LogP contribution in [0.25, 0.3) is 10.8 Å². The zero-order chi connectivity index (χ0) is 16.4. The van der Waals surface area contributed by atoms with E-state index in [1.54, 1.807) is 30.3 Å². The summed E-state index contributed by atoms with van der Waals surface area (Å²) < 4.78 is 0. The van der Waals surface area contributed by atoms with Crippen molar-refractivity contribution < 1.29 is 14.7 Å². The van der Waals surface area contributed by atoms with Crippen LogP contribution >= 0.6 is 0 Å². The summed E-state index contributed by atoms with van der Waals surface area (Å²) in [5.74, 6) is -1.63. The molecule has 0 aliphatic carbocycles. The molecular weight excluding hydrogens is 298 g/mol. The van der Waals surface area contributed by atoms with Crippen LogP contribution in [-0.4, -0.2) is 27.2 Å². The van der Waals surface area contributed by atoms with Crippen LogP contribution < -0.4 is 10.9 Å². The van der Waals surface area contributed by atoms with Gasteiger partial charge in [-0.25, -0.2) is 9.89 Å². The van der Waals surface area contributed by atoms with E-state index in [1.165, 1.54) is 18.2 Å². The zero-order valence-electron chi connectivity index (χ0n) is 11.7. The van der Waals surface area contributed by atoms with E-state index < -0.39 is 11.9 Å². The van der Waals surface area contributed by atoms with E-state index in [1.807, 2.05) is 0 Å². The minimum absolute atomic E-state index is 0.0564. The van der Waals surface area contributed by atoms with Gasteiger partial charge in [0.15, 0.2) is 5.69 Å². The largest absolute Gasteiger partial charge is 0.478 e. The van der Waals surface area contributed by atoms with Crippen LogP contribution in [-0.2, 0) is 0 Å². The molecule has 0 saturated heterocycles. The molecular formula is C16H11N3O4. The Balaban J connectivity index is 1.99. The van der Waals surface area contributed by atoms with Crippen molar-refractivity contribution in [3.8, 4) is 0 Å². The van der Waals surface area contributed by atoms with Crippen molar-refractivity contribution in [3.05, 3.63) is 70.1 Å². The minimum atomic E-state index is -1.09. The number of carbonyl (C=O) groups is 2. The summed E-state index contributed by atoms with van der Waals surface area (Å²) in [5.41, 5.74) is 0.0556. The predicted molar refractivity (Wildman–Crippen MR) is 83.7 cm³/mol. The quantitative estimate of drug-likeness (QED) is 0.683. The molecule has 1 amide bonds. The highest BCUT2D eigenvalue weighted by Gasteiger charge is 2.14. The third-order valence-corrected chi connectivity index (χ3v) is 3.28. The van der Waals surface area contributed by atoms with E-state index in [4.69, 9.17) is 5.11 Å². The lowest BCUT2D eigenvalue weighted by atomic mass is 10.1. The molecule has 0 saturated carbocycles. The highest BCUT2D eigenvalue weighted by molar-refractivity contribution is 6.11. The Bertz CT molecular complexity index is 978. The maximum absolute atomic E-state index is 12.4. The fraction of sp³-hybridized carbons (Fsp3) is 0. The van der Waals surface area contributed by atoms with Gasteiger partial charge in [0.05, 0.1) is 10.9 Å². The number of nitrogens with one attached hydrogen (secondary N) is 2. The zero-order valence-corrected chi connectivity index (χ0v) is 11.7. The summed E-state index contributed by atoms with van der Waals surface area (Å²) in [7, 11) is 0. The lowest BCUT2D eigenvalue weighted by Crippen LogP contribution is -2.19. The standard InChI is InChI=1S/C16H11N3O4/c20-14-12-7-2-1-6-11(12)13(18-19-14)15(21)17-10-5-3-4-9(8-10)16(22)23/h1-8H,(H,17,21)(H,19,20)(H,22,23). The topological polar surface area (TPSA) is 112 Å². The van der Waals surface area contributed by atoms with Crippen LogP contribution in [0.15, 0.2) is 53.3 Å². The Morgan fingerprint density at radius 1 is 1.04 bits per heavy atom. The van der Waals surface area contributed by atoms with Gasteiger partial charge in [0.2, 0.25) is 0 Å². The first-order valence-electron chi connectivity index (χ1n) is 6.68. The summed E-state index contributed by atoms with van der Waals surface area (Å²) in [5, 5.41) is 18.4. The molecule has 23 heavy (non-hydrogen) atoms. The second-order valence-electron chi connectivity index (χ2n) is 4.79. The van der Waals surface area contributed by atoms with E-state index in [2.05, 4.69) is 15.5 Å². The van der Waals surface area contributed by atoms with Crippen LogP contribution in [0.4, 0.5) is 5.69 Å². The second-order valence-corrected chi connectivity index (χ2v) is 4.79. The van der Waals surface area contributed by atoms with Gasteiger partial charge in [-0.3, -0.25) is 9.59 Å². The molecule has 0 unspecified atom stereocenters. The summed E-state index contributed by atoms with van der Waals surface area (Å²) >= 11 is 0. The number of carboxylic acids is 1. The number of aromatic carboxylic acids is 1. The first kappa shape index (κ1) is 14.5. The van der Waals surface area contributed by atoms with E-state index in [-0.39, 0.29) is 16.8 Å². The summed E-state index contributed by atoms with van der Waals surface area (Å²) in [6, 6.07) is 12.5. The van der Waals surface area contributed by atoms with Crippen molar-refractivity contribution in [2.45, 2.75) is 0 Å². The van der Waals surface area contributed by atoms with Crippen LogP contribution in [0, 0.1) is 0 Å². The van der Waals surface area contributed by atoms with Crippen molar-refractivity contribution in [2.75, 3.05) is 5.32 Å². The average Bonchev–Trinajstić information content (AvgIpc) is 2.55. The third kappa shape index (κ3) is 2.80. The van der Waals surface area contributed by atoms with Crippen molar-refractivity contribution in [3.63, 3.8) is 0 Å². The number of benzene rings is 2. The Hall–Kier alpha value is -3.48. The molecule has 7 heteroatoms. The average molecular weight is 309 g/mol. The number of anilines is 1. The number of rotatable bonds is 3. The molecule has 0 fully saturated rings. The van der Waals surface area contributed by atoms with Gasteiger partial charge in [0.25, 0.3) is 11.5 Å². The Kier molecular flexibility index (Phi) is 3.60. The van der Waals surface area contributed by atoms with Gasteiger partial charge in [-0.15, -0.1) is 0 Å². The monoisotopic (exact) mass is 309 g/mol. The number of amides is 1. The highest BCUT2D eigenvalue weighted by Crippen LogP contribution is 2.16. The Morgan fingerprint density at radius 3 is 2.52 bits per heavy atom. The second kappa shape index (κ2) is 5.72. The maximum atomic E-state index is 12.4. The fourth-order valence-electron chi connectivity index (χ4n) is 2.21. The molecule has 0 aliphatic rings. The van der Waals surface area contributed by atoms with Gasteiger partial charge in [-0.1, -0.05) is 24.3 Å². The number of carbonyl (C=O) groups excluding carboxylic acids is 1. The highest BCUT2D eigenvalue weighted by atomic mass is 16.4. The van der Waals surface area contributed by atoms with Gasteiger partial charge < -0.3 is 10.4 Å². The number of fused-ring (bicyclic) bond motifs is 1. The van der Waals surface area contributed by atoms with Gasteiger partial charge >= 0.3 is 5.97 Å². The molecule has 114 valence electrons. The molecule has 2 aromatic carbocycles. The van der Waals surface area contributed by atoms with Crippen molar-refractivity contribution in [2.24, 2.45) is 0 Å². The Labute approximate surface area is 129 Å². The van der Waals surface area contributed by atoms with E-state index in [0.717, 1.165) is 0 Å². The van der Waals surface area contributed by atoms with E-state index in [0.29, 0.717) is 16.5 Å². The molecule has 7 nitrogen and oxygen atoms in total. The number of nitrogens with zero attached hydrogens (tertiary/aromatic N) is 1. The van der Waals surface area contributed by atoms with E-state index >= 15 is 0 Å². The molecule has 0 aliphatic heterocycles. The number of hydrogen-bond acceptors (Lipinski definition) is 4. The molecule has 0 atom stereocenters. The molecule has 3 rings (SSSR count). The predicted octanol–water partition coefficient (Wildman–Crippen LogP) is 1.87. The van der Waals surface area contributed by atoms with Crippen LogP contribution in [0.1, 0.15) is 20.8 Å². The molecule has 1 aromatic heterocycles. The third-order valence-electron chi connectivity index (χ3n) is 3.28. The Morgan fingerprint density at radius 2 is 1.78 bits per heavy atom. The maximum Gasteiger partial charge on any atom is 0.335 e. The summed E-state index contributed by atoms with van der Waals surface area (Å²) in [6.07, 6.45) is 0. The number of hydrogen-bond donors (Lipinski definition) is 3. The molecule has 1 heterocycles. The lowest BCUT2D eigenvalue weighted by Gasteiger charge is -2.07. The van der Waals surface area contributed by atoms with Gasteiger partial charge in [-0.05, 0) is 24.3 Å². The normalized spacial score (nSPS) is 10.4. The number of H-pyrrole nitrogens is 1. The van der Waals surface area contributed by atoms with Gasteiger partial charge in [0, 0.05) is 11.1 Å². The summed E-state index contributed by atoms with van der Waals surface area (Å²) in [4.78, 5) is 35.1. The van der Waals surface area contributed by atoms with Gasteiger partial charge in [0.1, 0.15) is 0 Å². The van der Waals surface area contributed by atoms with Crippen molar-refractivity contribution >= 4 is 28.3 Å². The van der Waals surface area contributed by atoms with Crippen LogP contribution in [0.3, 0.4) is 0 Å². The number of carboxylic acid groups (broad SMARTS) is 1. The molecule has 3 N–H and O–H groups in total.